The lowest BCUT2D eigenvalue weighted by Crippen LogP contribution is -2.56. The molecule has 1 spiro atoms. The van der Waals surface area contributed by atoms with Crippen LogP contribution < -0.4 is 10.2 Å². The number of nitrogens with one attached hydrogen (secondary N) is 1. The van der Waals surface area contributed by atoms with Crippen molar-refractivity contribution in [1.29, 1.82) is 0 Å². The summed E-state index contributed by atoms with van der Waals surface area (Å²) in [6.45, 7) is 2.60. The van der Waals surface area contributed by atoms with Gasteiger partial charge in [0.2, 0.25) is 5.91 Å². The molecule has 0 aromatic heterocycles. The zero-order valence-corrected chi connectivity index (χ0v) is 10.7. The highest BCUT2D eigenvalue weighted by Gasteiger charge is 2.49. The number of rotatable bonds is 1. The summed E-state index contributed by atoms with van der Waals surface area (Å²) >= 11 is 0. The fourth-order valence-electron chi connectivity index (χ4n) is 3.02. The summed E-state index contributed by atoms with van der Waals surface area (Å²) in [4.78, 5) is 16.8. The highest BCUT2D eigenvalue weighted by molar-refractivity contribution is 6.04. The Morgan fingerprint density at radius 3 is 2.50 bits per heavy atom. The van der Waals surface area contributed by atoms with Crippen LogP contribution in [0.1, 0.15) is 12.8 Å². The molecule has 1 amide bonds. The summed E-state index contributed by atoms with van der Waals surface area (Å²) in [6.07, 6.45) is 1.81. The summed E-state index contributed by atoms with van der Waals surface area (Å²) in [6, 6.07) is 10.2. The highest BCUT2D eigenvalue weighted by atomic mass is 16.2. The number of carbonyl (C=O) groups is 1. The van der Waals surface area contributed by atoms with Crippen molar-refractivity contribution in [3.05, 3.63) is 30.3 Å². The Kier molecular flexibility index (Phi) is 2.78. The lowest BCUT2D eigenvalue weighted by atomic mass is 9.84. The normalized spacial score (nSPS) is 23.3. The average Bonchev–Trinajstić information content (AvgIpc) is 2.72. The first-order valence-electron chi connectivity index (χ1n) is 6.52. The van der Waals surface area contributed by atoms with E-state index in [1.807, 2.05) is 18.2 Å². The molecule has 0 aliphatic carbocycles. The third kappa shape index (κ3) is 1.70. The van der Waals surface area contributed by atoms with E-state index in [4.69, 9.17) is 0 Å². The Bertz CT molecular complexity index is 443. The zero-order valence-electron chi connectivity index (χ0n) is 10.7. The summed E-state index contributed by atoms with van der Waals surface area (Å²) < 4.78 is 0. The molecule has 2 saturated heterocycles. The van der Waals surface area contributed by atoms with E-state index in [1.165, 1.54) is 0 Å². The van der Waals surface area contributed by atoms with Crippen molar-refractivity contribution in [2.45, 2.75) is 18.4 Å². The van der Waals surface area contributed by atoms with Gasteiger partial charge in [-0.3, -0.25) is 4.79 Å². The zero-order chi connectivity index (χ0) is 12.6. The molecule has 1 aromatic rings. The molecule has 0 unspecified atom stereocenters. The van der Waals surface area contributed by atoms with E-state index in [2.05, 4.69) is 35.1 Å². The fourth-order valence-corrected chi connectivity index (χ4v) is 3.02. The van der Waals surface area contributed by atoms with E-state index >= 15 is 0 Å². The van der Waals surface area contributed by atoms with Crippen molar-refractivity contribution in [2.24, 2.45) is 0 Å². The van der Waals surface area contributed by atoms with Crippen molar-refractivity contribution < 1.29 is 4.79 Å². The number of nitrogens with zero attached hydrogens (tertiary/aromatic N) is 2. The molecule has 2 heterocycles. The van der Waals surface area contributed by atoms with Crippen LogP contribution in [0, 0.1) is 0 Å². The minimum absolute atomic E-state index is 0.194. The molecule has 4 nitrogen and oxygen atoms in total. The SMILES string of the molecule is BN1CCC2(CC1)C(=O)NCN2c1ccccc1. The fraction of sp³-hybridized carbons (Fsp3) is 0.462. The summed E-state index contributed by atoms with van der Waals surface area (Å²) in [5, 5.41) is 3.01. The van der Waals surface area contributed by atoms with Crippen LogP contribution in [-0.4, -0.2) is 44.0 Å². The maximum Gasteiger partial charge on any atom is 0.247 e. The van der Waals surface area contributed by atoms with Crippen molar-refractivity contribution >= 4 is 19.6 Å². The largest absolute Gasteiger partial charge is 0.348 e. The number of amides is 1. The van der Waals surface area contributed by atoms with Crippen LogP contribution in [0.2, 0.25) is 0 Å². The number of benzene rings is 1. The van der Waals surface area contributed by atoms with Crippen LogP contribution >= 0.6 is 0 Å². The van der Waals surface area contributed by atoms with Crippen LogP contribution in [0.15, 0.2) is 30.3 Å². The van der Waals surface area contributed by atoms with E-state index in [1.54, 1.807) is 0 Å². The Balaban J connectivity index is 1.93. The molecule has 2 aliphatic heterocycles. The number of anilines is 1. The van der Waals surface area contributed by atoms with E-state index < -0.39 is 0 Å². The number of piperidine rings is 1. The molecule has 94 valence electrons. The van der Waals surface area contributed by atoms with Gasteiger partial charge in [0.05, 0.1) is 6.67 Å². The molecule has 0 radical (unpaired) electrons. The van der Waals surface area contributed by atoms with Gasteiger partial charge in [0.1, 0.15) is 5.54 Å². The molecular weight excluding hydrogens is 225 g/mol. The number of hydrogen-bond acceptors (Lipinski definition) is 3. The summed E-state index contributed by atoms with van der Waals surface area (Å²) in [5.41, 5.74) is 0.814. The quantitative estimate of drug-likeness (QED) is 0.703. The molecule has 0 atom stereocenters. The molecule has 1 N–H and O–H groups in total. The molecule has 2 aliphatic rings. The number of para-hydroxylation sites is 1. The first-order chi connectivity index (χ1) is 8.72. The van der Waals surface area contributed by atoms with E-state index in [9.17, 15) is 4.79 Å². The average molecular weight is 243 g/mol. The van der Waals surface area contributed by atoms with Gasteiger partial charge in [-0.2, -0.15) is 0 Å². The maximum atomic E-state index is 12.3. The molecular formula is C13H18BN3O. The predicted molar refractivity (Wildman–Crippen MR) is 74.0 cm³/mol. The van der Waals surface area contributed by atoms with E-state index in [-0.39, 0.29) is 11.4 Å². The van der Waals surface area contributed by atoms with Gasteiger partial charge in [0, 0.05) is 5.69 Å². The molecule has 0 bridgehead atoms. The van der Waals surface area contributed by atoms with E-state index in [0.717, 1.165) is 31.6 Å². The third-order valence-electron chi connectivity index (χ3n) is 4.22. The topological polar surface area (TPSA) is 35.6 Å². The highest BCUT2D eigenvalue weighted by Crippen LogP contribution is 2.35. The van der Waals surface area contributed by atoms with Crippen LogP contribution in [0.5, 0.6) is 0 Å². The lowest BCUT2D eigenvalue weighted by molar-refractivity contribution is -0.124. The van der Waals surface area contributed by atoms with Crippen LogP contribution in [0.3, 0.4) is 0 Å². The van der Waals surface area contributed by atoms with Gasteiger partial charge in [0.15, 0.2) is 7.98 Å². The predicted octanol–water partition coefficient (Wildman–Crippen LogP) is -0.0370. The van der Waals surface area contributed by atoms with Crippen molar-refractivity contribution in [3.8, 4) is 0 Å². The molecule has 18 heavy (non-hydrogen) atoms. The van der Waals surface area contributed by atoms with Gasteiger partial charge in [-0.1, -0.05) is 18.2 Å². The molecule has 0 saturated carbocycles. The maximum absolute atomic E-state index is 12.3. The van der Waals surface area contributed by atoms with Crippen molar-refractivity contribution in [2.75, 3.05) is 24.7 Å². The molecule has 3 rings (SSSR count). The Labute approximate surface area is 108 Å². The Hall–Kier alpha value is -1.49. The minimum atomic E-state index is -0.326. The van der Waals surface area contributed by atoms with Gasteiger partial charge in [-0.15, -0.1) is 0 Å². The Morgan fingerprint density at radius 1 is 1.17 bits per heavy atom. The molecule has 5 heteroatoms. The second-order valence-electron chi connectivity index (χ2n) is 5.26. The number of hydrogen-bond donors (Lipinski definition) is 1. The molecule has 1 aromatic carbocycles. The molecule has 2 fully saturated rings. The van der Waals surface area contributed by atoms with Gasteiger partial charge in [-0.05, 0) is 38.1 Å². The summed E-state index contributed by atoms with van der Waals surface area (Å²) in [7, 11) is 2.12. The minimum Gasteiger partial charge on any atom is -0.348 e. The summed E-state index contributed by atoms with van der Waals surface area (Å²) in [5.74, 6) is 0.194. The van der Waals surface area contributed by atoms with Crippen LogP contribution in [0.25, 0.3) is 0 Å². The monoisotopic (exact) mass is 243 g/mol. The van der Waals surface area contributed by atoms with Crippen LogP contribution in [-0.2, 0) is 4.79 Å². The van der Waals surface area contributed by atoms with Gasteiger partial charge in [-0.25, -0.2) is 0 Å². The van der Waals surface area contributed by atoms with Gasteiger partial charge < -0.3 is 15.0 Å². The van der Waals surface area contributed by atoms with Gasteiger partial charge in [0.25, 0.3) is 0 Å². The Morgan fingerprint density at radius 2 is 1.83 bits per heavy atom. The number of carbonyl (C=O) groups excluding carboxylic acids is 1. The lowest BCUT2D eigenvalue weighted by Gasteiger charge is -2.42. The van der Waals surface area contributed by atoms with Crippen LogP contribution in [0.4, 0.5) is 5.69 Å². The van der Waals surface area contributed by atoms with Crippen molar-refractivity contribution in [1.82, 2.24) is 10.1 Å². The van der Waals surface area contributed by atoms with Crippen molar-refractivity contribution in [3.63, 3.8) is 0 Å². The third-order valence-corrected chi connectivity index (χ3v) is 4.22. The smallest absolute Gasteiger partial charge is 0.247 e. The standard InChI is InChI=1S/C13H18BN3O/c14-16-8-6-13(7-9-16)12(18)15-10-17(13)11-4-2-1-3-5-11/h1-5H,6-10,14H2,(H,15,18). The van der Waals surface area contributed by atoms with E-state index in [0.29, 0.717) is 6.67 Å². The second kappa shape index (κ2) is 4.32. The first-order valence-corrected chi connectivity index (χ1v) is 6.52. The first kappa shape index (κ1) is 11.6. The van der Waals surface area contributed by atoms with Gasteiger partial charge >= 0.3 is 0 Å². The second-order valence-corrected chi connectivity index (χ2v) is 5.26.